The van der Waals surface area contributed by atoms with Crippen molar-refractivity contribution in [2.75, 3.05) is 5.32 Å². The molecule has 0 fully saturated rings. The molecular weight excluding hydrogens is 214 g/mol. The molecule has 5 heteroatoms. The van der Waals surface area contributed by atoms with Crippen molar-refractivity contribution in [2.24, 2.45) is 0 Å². The van der Waals surface area contributed by atoms with Crippen LogP contribution in [0.2, 0.25) is 5.02 Å². The third kappa shape index (κ3) is 2.47. The van der Waals surface area contributed by atoms with Gasteiger partial charge in [-0.05, 0) is 12.1 Å². The van der Waals surface area contributed by atoms with Gasteiger partial charge >= 0.3 is 0 Å². The van der Waals surface area contributed by atoms with Crippen LogP contribution >= 0.6 is 11.6 Å². The molecule has 0 aliphatic carbocycles. The van der Waals surface area contributed by atoms with Crippen LogP contribution < -0.4 is 5.32 Å². The lowest BCUT2D eigenvalue weighted by atomic mass is 10.3. The van der Waals surface area contributed by atoms with E-state index >= 15 is 0 Å². The lowest BCUT2D eigenvalue weighted by Crippen LogP contribution is -1.99. The van der Waals surface area contributed by atoms with Crippen LogP contribution in [0.4, 0.5) is 5.69 Å². The zero-order valence-electron chi connectivity index (χ0n) is 8.20. The Balaban J connectivity index is 2.02. The van der Waals surface area contributed by atoms with Gasteiger partial charge in [0, 0.05) is 6.92 Å². The number of anilines is 1. The van der Waals surface area contributed by atoms with Gasteiger partial charge in [-0.2, -0.15) is 0 Å². The monoisotopic (exact) mass is 223 g/mol. The molecule has 0 atom stereocenters. The van der Waals surface area contributed by atoms with Gasteiger partial charge in [0.15, 0.2) is 0 Å². The molecule has 0 aliphatic rings. The van der Waals surface area contributed by atoms with Gasteiger partial charge in [0.25, 0.3) is 0 Å². The van der Waals surface area contributed by atoms with E-state index < -0.39 is 0 Å². The molecule has 15 heavy (non-hydrogen) atoms. The third-order valence-corrected chi connectivity index (χ3v) is 2.20. The minimum Gasteiger partial charge on any atom is -0.424 e. The summed E-state index contributed by atoms with van der Waals surface area (Å²) in [6.07, 6.45) is 0. The summed E-state index contributed by atoms with van der Waals surface area (Å²) >= 11 is 5.97. The molecule has 4 nitrogen and oxygen atoms in total. The summed E-state index contributed by atoms with van der Waals surface area (Å²) in [4.78, 5) is 0. The van der Waals surface area contributed by atoms with Gasteiger partial charge in [0.1, 0.15) is 0 Å². The van der Waals surface area contributed by atoms with Crippen LogP contribution in [0.5, 0.6) is 0 Å². The average molecular weight is 224 g/mol. The highest BCUT2D eigenvalue weighted by Crippen LogP contribution is 2.20. The maximum atomic E-state index is 5.97. The fraction of sp³-hybridized carbons (Fsp3) is 0.200. The van der Waals surface area contributed by atoms with E-state index in [0.717, 1.165) is 5.69 Å². The summed E-state index contributed by atoms with van der Waals surface area (Å²) in [6.45, 7) is 2.23. The normalized spacial score (nSPS) is 10.3. The van der Waals surface area contributed by atoms with Gasteiger partial charge in [0.2, 0.25) is 11.8 Å². The van der Waals surface area contributed by atoms with Crippen molar-refractivity contribution in [1.82, 2.24) is 10.2 Å². The molecule has 1 N–H and O–H groups in total. The van der Waals surface area contributed by atoms with E-state index in [-0.39, 0.29) is 0 Å². The van der Waals surface area contributed by atoms with E-state index in [1.54, 1.807) is 6.92 Å². The Bertz CT molecular complexity index is 455. The van der Waals surface area contributed by atoms with Crippen molar-refractivity contribution in [3.63, 3.8) is 0 Å². The maximum absolute atomic E-state index is 5.97. The number of hydrogen-bond donors (Lipinski definition) is 1. The number of aromatic nitrogens is 2. The first-order chi connectivity index (χ1) is 7.25. The molecule has 0 spiro atoms. The molecule has 0 saturated heterocycles. The topological polar surface area (TPSA) is 51.0 Å². The first-order valence-corrected chi connectivity index (χ1v) is 4.91. The van der Waals surface area contributed by atoms with Crippen molar-refractivity contribution < 1.29 is 4.42 Å². The Labute approximate surface area is 92.3 Å². The number of nitrogens with zero attached hydrogens (tertiary/aromatic N) is 2. The van der Waals surface area contributed by atoms with E-state index in [0.29, 0.717) is 23.3 Å². The number of rotatable bonds is 3. The number of nitrogens with one attached hydrogen (secondary N) is 1. The summed E-state index contributed by atoms with van der Waals surface area (Å²) in [6, 6.07) is 7.51. The predicted molar refractivity (Wildman–Crippen MR) is 57.8 cm³/mol. The minimum atomic E-state index is 0.477. The number of hydrogen-bond acceptors (Lipinski definition) is 4. The smallest absolute Gasteiger partial charge is 0.235 e. The Morgan fingerprint density at radius 3 is 2.80 bits per heavy atom. The maximum Gasteiger partial charge on any atom is 0.235 e. The molecule has 1 heterocycles. The number of benzene rings is 1. The van der Waals surface area contributed by atoms with E-state index in [4.69, 9.17) is 16.0 Å². The van der Waals surface area contributed by atoms with Crippen molar-refractivity contribution in [3.05, 3.63) is 41.1 Å². The molecular formula is C10H10ClN3O. The van der Waals surface area contributed by atoms with Crippen LogP contribution in [-0.4, -0.2) is 10.2 Å². The highest BCUT2D eigenvalue weighted by molar-refractivity contribution is 6.33. The largest absolute Gasteiger partial charge is 0.424 e. The van der Waals surface area contributed by atoms with Gasteiger partial charge in [-0.15, -0.1) is 10.2 Å². The number of para-hydroxylation sites is 1. The summed E-state index contributed by atoms with van der Waals surface area (Å²) in [5, 5.41) is 11.4. The molecule has 0 saturated carbocycles. The summed E-state index contributed by atoms with van der Waals surface area (Å²) < 4.78 is 5.22. The average Bonchev–Trinajstić information content (AvgIpc) is 2.63. The molecule has 0 aliphatic heterocycles. The molecule has 0 amide bonds. The minimum absolute atomic E-state index is 0.477. The SMILES string of the molecule is Cc1nnc(CNc2ccccc2Cl)o1. The summed E-state index contributed by atoms with van der Waals surface area (Å²) in [5.41, 5.74) is 0.856. The van der Waals surface area contributed by atoms with E-state index in [2.05, 4.69) is 15.5 Å². The first kappa shape index (κ1) is 9.98. The summed E-state index contributed by atoms with van der Waals surface area (Å²) in [7, 11) is 0. The van der Waals surface area contributed by atoms with Crippen LogP contribution in [-0.2, 0) is 6.54 Å². The first-order valence-electron chi connectivity index (χ1n) is 4.53. The molecule has 0 bridgehead atoms. The second-order valence-corrected chi connectivity index (χ2v) is 3.46. The Hall–Kier alpha value is -1.55. The zero-order chi connectivity index (χ0) is 10.7. The van der Waals surface area contributed by atoms with Crippen molar-refractivity contribution in [3.8, 4) is 0 Å². The van der Waals surface area contributed by atoms with Crippen LogP contribution in [0.3, 0.4) is 0 Å². The molecule has 1 aromatic heterocycles. The van der Waals surface area contributed by atoms with Gasteiger partial charge in [-0.25, -0.2) is 0 Å². The highest BCUT2D eigenvalue weighted by atomic mass is 35.5. The zero-order valence-corrected chi connectivity index (χ0v) is 8.95. The van der Waals surface area contributed by atoms with Gasteiger partial charge in [0.05, 0.1) is 17.3 Å². The third-order valence-electron chi connectivity index (χ3n) is 1.87. The van der Waals surface area contributed by atoms with E-state index in [9.17, 15) is 0 Å². The van der Waals surface area contributed by atoms with Crippen molar-refractivity contribution in [2.45, 2.75) is 13.5 Å². The second-order valence-electron chi connectivity index (χ2n) is 3.05. The van der Waals surface area contributed by atoms with Crippen LogP contribution in [0.25, 0.3) is 0 Å². The van der Waals surface area contributed by atoms with E-state index in [1.165, 1.54) is 0 Å². The fourth-order valence-corrected chi connectivity index (χ4v) is 1.39. The predicted octanol–water partition coefficient (Wildman–Crippen LogP) is 2.64. The van der Waals surface area contributed by atoms with Crippen LogP contribution in [0, 0.1) is 6.92 Å². The highest BCUT2D eigenvalue weighted by Gasteiger charge is 2.03. The Morgan fingerprint density at radius 2 is 2.13 bits per heavy atom. The van der Waals surface area contributed by atoms with Gasteiger partial charge in [-0.1, -0.05) is 23.7 Å². The molecule has 2 aromatic rings. The fourth-order valence-electron chi connectivity index (χ4n) is 1.18. The molecule has 0 unspecified atom stereocenters. The number of aryl methyl sites for hydroxylation is 1. The Morgan fingerprint density at radius 1 is 1.33 bits per heavy atom. The number of halogens is 1. The molecule has 78 valence electrons. The van der Waals surface area contributed by atoms with Crippen LogP contribution in [0.15, 0.2) is 28.7 Å². The van der Waals surface area contributed by atoms with Gasteiger partial charge < -0.3 is 9.73 Å². The van der Waals surface area contributed by atoms with Crippen molar-refractivity contribution in [1.29, 1.82) is 0 Å². The van der Waals surface area contributed by atoms with E-state index in [1.807, 2.05) is 24.3 Å². The van der Waals surface area contributed by atoms with Crippen LogP contribution in [0.1, 0.15) is 11.8 Å². The lowest BCUT2D eigenvalue weighted by Gasteiger charge is -2.04. The quantitative estimate of drug-likeness (QED) is 0.869. The Kier molecular flexibility index (Phi) is 2.87. The summed E-state index contributed by atoms with van der Waals surface area (Å²) in [5.74, 6) is 1.11. The molecule has 2 rings (SSSR count). The lowest BCUT2D eigenvalue weighted by molar-refractivity contribution is 0.475. The second kappa shape index (κ2) is 4.31. The molecule has 1 aromatic carbocycles. The standard InChI is InChI=1S/C10H10ClN3O/c1-7-13-14-10(15-7)6-12-9-5-3-2-4-8(9)11/h2-5,12H,6H2,1H3. The molecule has 0 radical (unpaired) electrons. The van der Waals surface area contributed by atoms with Gasteiger partial charge in [-0.3, -0.25) is 0 Å². The van der Waals surface area contributed by atoms with Crippen molar-refractivity contribution >= 4 is 17.3 Å².